The SMILES string of the molecule is Cc1[nH]c(-c2ccccc2)nc1CN1CCN(c2ncc3c(n2)CCCC3)CC1.O=C(O)/C=C\C(=O)O.O=C(O)/C=C\C(=O)O. The highest BCUT2D eigenvalue weighted by Crippen LogP contribution is 2.22. The van der Waals surface area contributed by atoms with Gasteiger partial charge in [0.05, 0.1) is 5.69 Å². The standard InChI is InChI=1S/C23H28N6.2C4H4O4/c1-17-21(26-22(25-17)18-7-3-2-4-8-18)16-28-11-13-29(14-12-28)23-24-15-19-9-5-6-10-20(19)27-23;2*5-3(6)1-2-4(7)8/h2-4,7-8,15H,5-6,9-14,16H2,1H3,(H,25,26);2*1-2H,(H,5,6)(H,7,8)/b;2*2-1-. The van der Waals surface area contributed by atoms with Crippen molar-refractivity contribution in [2.24, 2.45) is 0 Å². The van der Waals surface area contributed by atoms with Gasteiger partial charge >= 0.3 is 23.9 Å². The Hall–Kier alpha value is -5.37. The molecular weight excluding hydrogens is 584 g/mol. The van der Waals surface area contributed by atoms with Crippen molar-refractivity contribution in [1.29, 1.82) is 0 Å². The molecule has 0 spiro atoms. The van der Waals surface area contributed by atoms with Gasteiger partial charge in [0.2, 0.25) is 5.95 Å². The minimum absolute atomic E-state index is 0.558. The van der Waals surface area contributed by atoms with Crippen LogP contribution in [0.4, 0.5) is 5.95 Å². The minimum Gasteiger partial charge on any atom is -0.478 e. The monoisotopic (exact) mass is 620 g/mol. The van der Waals surface area contributed by atoms with E-state index in [0.717, 1.165) is 74.3 Å². The number of H-pyrrole nitrogens is 1. The van der Waals surface area contributed by atoms with Crippen molar-refractivity contribution >= 4 is 29.8 Å². The predicted octanol–water partition coefficient (Wildman–Crippen LogP) is 2.80. The lowest BCUT2D eigenvalue weighted by atomic mass is 9.98. The molecule has 5 N–H and O–H groups in total. The molecule has 1 saturated heterocycles. The average Bonchev–Trinajstić information content (AvgIpc) is 3.40. The average molecular weight is 621 g/mol. The third-order valence-electron chi connectivity index (χ3n) is 6.85. The maximum atomic E-state index is 9.55. The zero-order valence-corrected chi connectivity index (χ0v) is 24.8. The quantitative estimate of drug-likeness (QED) is 0.230. The van der Waals surface area contributed by atoms with E-state index in [0.29, 0.717) is 24.3 Å². The zero-order chi connectivity index (χ0) is 32.8. The Morgan fingerprint density at radius 2 is 1.36 bits per heavy atom. The first kappa shape index (κ1) is 34.1. The summed E-state index contributed by atoms with van der Waals surface area (Å²) in [6.07, 6.45) is 9.05. The number of imidazole rings is 1. The van der Waals surface area contributed by atoms with Crippen LogP contribution in [0.15, 0.2) is 60.8 Å². The number of aromatic nitrogens is 4. The van der Waals surface area contributed by atoms with E-state index in [9.17, 15) is 19.2 Å². The Morgan fingerprint density at radius 3 is 1.91 bits per heavy atom. The Bertz CT molecular complexity index is 1460. The van der Waals surface area contributed by atoms with Crippen molar-refractivity contribution in [2.75, 3.05) is 31.1 Å². The number of rotatable bonds is 8. The number of aliphatic carboxylic acids is 4. The Morgan fingerprint density at radius 1 is 0.800 bits per heavy atom. The molecule has 5 rings (SSSR count). The third kappa shape index (κ3) is 11.7. The number of benzene rings is 1. The molecule has 45 heavy (non-hydrogen) atoms. The molecule has 0 unspecified atom stereocenters. The van der Waals surface area contributed by atoms with Gasteiger partial charge in [0.15, 0.2) is 0 Å². The Balaban J connectivity index is 0.000000287. The van der Waals surface area contributed by atoms with Crippen LogP contribution >= 0.6 is 0 Å². The molecule has 238 valence electrons. The fourth-order valence-corrected chi connectivity index (χ4v) is 4.60. The molecule has 14 nitrogen and oxygen atoms in total. The number of carboxylic acids is 4. The van der Waals surface area contributed by atoms with E-state index in [1.54, 1.807) is 0 Å². The van der Waals surface area contributed by atoms with Crippen LogP contribution in [0, 0.1) is 6.92 Å². The van der Waals surface area contributed by atoms with Crippen LogP contribution in [0.25, 0.3) is 11.4 Å². The molecule has 0 saturated carbocycles. The van der Waals surface area contributed by atoms with Gasteiger partial charge < -0.3 is 30.3 Å². The van der Waals surface area contributed by atoms with Crippen LogP contribution < -0.4 is 4.90 Å². The summed E-state index contributed by atoms with van der Waals surface area (Å²) in [5.74, 6) is -3.16. The van der Waals surface area contributed by atoms with Crippen LogP contribution in [-0.2, 0) is 38.6 Å². The summed E-state index contributed by atoms with van der Waals surface area (Å²) in [6.45, 7) is 6.95. The number of nitrogens with zero attached hydrogens (tertiary/aromatic N) is 5. The number of carbonyl (C=O) groups is 4. The molecule has 0 amide bonds. The first-order chi connectivity index (χ1) is 21.5. The lowest BCUT2D eigenvalue weighted by Crippen LogP contribution is -2.46. The van der Waals surface area contributed by atoms with Crippen molar-refractivity contribution in [1.82, 2.24) is 24.8 Å². The van der Waals surface area contributed by atoms with Gasteiger partial charge in [-0.1, -0.05) is 30.3 Å². The van der Waals surface area contributed by atoms with E-state index in [1.807, 2.05) is 6.07 Å². The Labute approximate surface area is 259 Å². The number of piperazine rings is 1. The molecule has 2 aliphatic rings. The number of nitrogens with one attached hydrogen (secondary N) is 1. The second-order valence-electron chi connectivity index (χ2n) is 10.2. The molecule has 1 aliphatic heterocycles. The second kappa shape index (κ2) is 17.1. The Kier molecular flexibility index (Phi) is 12.9. The van der Waals surface area contributed by atoms with Crippen molar-refractivity contribution in [2.45, 2.75) is 39.2 Å². The van der Waals surface area contributed by atoms with Crippen LogP contribution in [0.5, 0.6) is 0 Å². The number of aromatic amines is 1. The van der Waals surface area contributed by atoms with Crippen molar-refractivity contribution < 1.29 is 39.6 Å². The summed E-state index contributed by atoms with van der Waals surface area (Å²) >= 11 is 0. The fraction of sp³-hybridized carbons (Fsp3) is 0.323. The molecule has 3 heterocycles. The first-order valence-electron chi connectivity index (χ1n) is 14.2. The molecule has 0 radical (unpaired) electrons. The maximum absolute atomic E-state index is 9.55. The van der Waals surface area contributed by atoms with Crippen molar-refractivity contribution in [3.63, 3.8) is 0 Å². The molecule has 0 bridgehead atoms. The molecule has 2 aromatic heterocycles. The van der Waals surface area contributed by atoms with E-state index >= 15 is 0 Å². The number of hydrogen-bond donors (Lipinski definition) is 5. The number of hydrogen-bond acceptors (Lipinski definition) is 9. The summed E-state index contributed by atoms with van der Waals surface area (Å²) in [6, 6.07) is 10.3. The van der Waals surface area contributed by atoms with E-state index in [-0.39, 0.29) is 0 Å². The molecule has 0 atom stereocenters. The maximum Gasteiger partial charge on any atom is 0.328 e. The highest BCUT2D eigenvalue weighted by Gasteiger charge is 2.22. The van der Waals surface area contributed by atoms with Gasteiger partial charge in [-0.05, 0) is 38.2 Å². The van der Waals surface area contributed by atoms with Crippen LogP contribution in [0.3, 0.4) is 0 Å². The topological polar surface area (TPSA) is 210 Å². The van der Waals surface area contributed by atoms with Crippen molar-refractivity contribution in [3.05, 3.63) is 83.5 Å². The molecule has 14 heteroatoms. The lowest BCUT2D eigenvalue weighted by molar-refractivity contribution is -0.134. The van der Waals surface area contributed by atoms with E-state index in [1.165, 1.54) is 24.1 Å². The van der Waals surface area contributed by atoms with Crippen LogP contribution in [-0.4, -0.2) is 95.3 Å². The number of aryl methyl sites for hydroxylation is 3. The molecule has 1 aliphatic carbocycles. The van der Waals surface area contributed by atoms with Crippen molar-refractivity contribution in [3.8, 4) is 11.4 Å². The summed E-state index contributed by atoms with van der Waals surface area (Å²) in [5, 5.41) is 31.2. The van der Waals surface area contributed by atoms with Gasteiger partial charge in [-0.3, -0.25) is 4.90 Å². The van der Waals surface area contributed by atoms with E-state index in [4.69, 9.17) is 30.4 Å². The smallest absolute Gasteiger partial charge is 0.328 e. The summed E-state index contributed by atoms with van der Waals surface area (Å²) < 4.78 is 0. The summed E-state index contributed by atoms with van der Waals surface area (Å²) in [7, 11) is 0. The van der Waals surface area contributed by atoms with Crippen LogP contribution in [0.1, 0.15) is 35.5 Å². The zero-order valence-electron chi connectivity index (χ0n) is 24.8. The fourth-order valence-electron chi connectivity index (χ4n) is 4.60. The largest absolute Gasteiger partial charge is 0.478 e. The number of carboxylic acid groups (broad SMARTS) is 4. The predicted molar refractivity (Wildman–Crippen MR) is 164 cm³/mol. The van der Waals surface area contributed by atoms with Gasteiger partial charge in [0.25, 0.3) is 0 Å². The second-order valence-corrected chi connectivity index (χ2v) is 10.2. The first-order valence-corrected chi connectivity index (χ1v) is 14.2. The molecular formula is C31H36N6O8. The normalized spacial score (nSPS) is 14.6. The van der Waals surface area contributed by atoms with Gasteiger partial charge in [-0.15, -0.1) is 0 Å². The lowest BCUT2D eigenvalue weighted by Gasteiger charge is -2.34. The number of fused-ring (bicyclic) bond motifs is 1. The number of anilines is 1. The van der Waals surface area contributed by atoms with Gasteiger partial charge in [-0.2, -0.15) is 0 Å². The highest BCUT2D eigenvalue weighted by molar-refractivity contribution is 5.90. The third-order valence-corrected chi connectivity index (χ3v) is 6.85. The highest BCUT2D eigenvalue weighted by atomic mass is 16.4. The van der Waals surface area contributed by atoms with Crippen LogP contribution in [0.2, 0.25) is 0 Å². The van der Waals surface area contributed by atoms with E-state index in [2.05, 4.69) is 57.2 Å². The summed E-state index contributed by atoms with van der Waals surface area (Å²) in [4.78, 5) is 60.9. The van der Waals surface area contributed by atoms with E-state index < -0.39 is 23.9 Å². The van der Waals surface area contributed by atoms with Gasteiger partial charge in [-0.25, -0.2) is 34.1 Å². The molecule has 3 aromatic rings. The molecule has 1 aromatic carbocycles. The van der Waals surface area contributed by atoms with Gasteiger partial charge in [0, 0.05) is 80.2 Å². The summed E-state index contributed by atoms with van der Waals surface area (Å²) in [5.41, 5.74) is 6.05. The minimum atomic E-state index is -1.26. The van der Waals surface area contributed by atoms with Gasteiger partial charge in [0.1, 0.15) is 5.82 Å². The molecule has 1 fully saturated rings.